The van der Waals surface area contributed by atoms with Crippen LogP contribution in [-0.2, 0) is 11.2 Å². The first-order valence-corrected chi connectivity index (χ1v) is 10.3. The van der Waals surface area contributed by atoms with Gasteiger partial charge in [0.05, 0.1) is 46.6 Å². The Morgan fingerprint density at radius 1 is 0.903 bits per heavy atom. The van der Waals surface area contributed by atoms with Gasteiger partial charge in [-0.3, -0.25) is 4.90 Å². The highest BCUT2D eigenvalue weighted by Gasteiger charge is 2.45. The highest BCUT2D eigenvalue weighted by molar-refractivity contribution is 5.73. The average molecular weight is 427 g/mol. The number of carbonyl (C=O) groups excluding carboxylic acids is 1. The number of rotatable bonds is 4. The monoisotopic (exact) mass is 427 g/mol. The van der Waals surface area contributed by atoms with Crippen LogP contribution >= 0.6 is 0 Å². The molecule has 0 unspecified atom stereocenters. The van der Waals surface area contributed by atoms with E-state index in [1.165, 1.54) is 0 Å². The second-order valence-electron chi connectivity index (χ2n) is 7.75. The van der Waals surface area contributed by atoms with Crippen molar-refractivity contribution in [2.24, 2.45) is 0 Å². The van der Waals surface area contributed by atoms with E-state index in [-0.39, 0.29) is 18.2 Å². The zero-order valence-corrected chi connectivity index (χ0v) is 17.8. The van der Waals surface area contributed by atoms with Crippen LogP contribution in [0, 0.1) is 0 Å². The molecule has 0 radical (unpaired) electrons. The summed E-state index contributed by atoms with van der Waals surface area (Å²) in [6.07, 6.45) is 1.19. The normalized spacial score (nSPS) is 21.5. The first-order valence-electron chi connectivity index (χ1n) is 10.3. The molecule has 1 fully saturated rings. The lowest BCUT2D eigenvalue weighted by atomic mass is 9.85. The molecular formula is C23H25NO7. The molecule has 0 aliphatic carbocycles. The van der Waals surface area contributed by atoms with Crippen molar-refractivity contribution in [3.8, 4) is 28.7 Å². The lowest BCUT2D eigenvalue weighted by Crippen LogP contribution is -2.42. The lowest BCUT2D eigenvalue weighted by molar-refractivity contribution is 0.147. The van der Waals surface area contributed by atoms with Gasteiger partial charge >= 0.3 is 6.09 Å². The minimum absolute atomic E-state index is 0.0613. The third kappa shape index (κ3) is 3.17. The van der Waals surface area contributed by atoms with Crippen molar-refractivity contribution in [3.63, 3.8) is 0 Å². The molecule has 3 aliphatic heterocycles. The highest BCUT2D eigenvalue weighted by Crippen LogP contribution is 2.48. The molecule has 164 valence electrons. The van der Waals surface area contributed by atoms with Gasteiger partial charge in [-0.05, 0) is 47.4 Å². The maximum absolute atomic E-state index is 12.7. The van der Waals surface area contributed by atoms with Gasteiger partial charge in [-0.2, -0.15) is 0 Å². The van der Waals surface area contributed by atoms with E-state index >= 15 is 0 Å². The minimum Gasteiger partial charge on any atom is -0.493 e. The number of fused-ring (bicyclic) bond motifs is 3. The summed E-state index contributed by atoms with van der Waals surface area (Å²) in [7, 11) is 4.72. The fraction of sp³-hybridized carbons (Fsp3) is 0.435. The third-order valence-corrected chi connectivity index (χ3v) is 6.04. The van der Waals surface area contributed by atoms with Crippen LogP contribution in [0.2, 0.25) is 0 Å². The number of ether oxygens (including phenoxy) is 6. The summed E-state index contributed by atoms with van der Waals surface area (Å²) >= 11 is 0. The SMILES string of the molecule is COc1cc([C@@H]2c3cc4c(cc3C[C@H]3COC(=O)N32)OCCCO4)cc(OC)c1OC. The topological polar surface area (TPSA) is 75.7 Å². The molecule has 2 aromatic rings. The van der Waals surface area contributed by atoms with Crippen LogP contribution < -0.4 is 23.7 Å². The fourth-order valence-electron chi connectivity index (χ4n) is 4.65. The van der Waals surface area contributed by atoms with Crippen molar-refractivity contribution in [2.45, 2.75) is 24.9 Å². The number of cyclic esters (lactones) is 1. The second-order valence-corrected chi connectivity index (χ2v) is 7.75. The molecule has 0 aromatic heterocycles. The number of hydrogen-bond acceptors (Lipinski definition) is 7. The molecule has 8 heteroatoms. The number of benzene rings is 2. The van der Waals surface area contributed by atoms with Crippen molar-refractivity contribution in [1.29, 1.82) is 0 Å². The molecular weight excluding hydrogens is 402 g/mol. The molecule has 8 nitrogen and oxygen atoms in total. The Balaban J connectivity index is 1.70. The zero-order chi connectivity index (χ0) is 21.5. The molecule has 1 amide bonds. The minimum atomic E-state index is -0.380. The van der Waals surface area contributed by atoms with Gasteiger partial charge in [-0.1, -0.05) is 0 Å². The quantitative estimate of drug-likeness (QED) is 0.741. The Morgan fingerprint density at radius 2 is 1.58 bits per heavy atom. The third-order valence-electron chi connectivity index (χ3n) is 6.04. The van der Waals surface area contributed by atoms with Crippen LogP contribution in [-0.4, -0.2) is 58.2 Å². The summed E-state index contributed by atoms with van der Waals surface area (Å²) in [5, 5.41) is 0. The Morgan fingerprint density at radius 3 is 2.23 bits per heavy atom. The number of amides is 1. The van der Waals surface area contributed by atoms with Gasteiger partial charge in [-0.25, -0.2) is 4.79 Å². The summed E-state index contributed by atoms with van der Waals surface area (Å²) in [4.78, 5) is 14.5. The number of hydrogen-bond donors (Lipinski definition) is 0. The molecule has 1 saturated heterocycles. The average Bonchev–Trinajstić information content (AvgIpc) is 3.01. The molecule has 0 spiro atoms. The van der Waals surface area contributed by atoms with Gasteiger partial charge in [0.2, 0.25) is 5.75 Å². The van der Waals surface area contributed by atoms with Crippen molar-refractivity contribution in [3.05, 3.63) is 41.0 Å². The number of nitrogens with zero attached hydrogens (tertiary/aromatic N) is 1. The number of carbonyl (C=O) groups is 1. The standard InChI is InChI=1S/C23H25NO7/c1-26-19-9-14(10-20(27-2)22(19)28-3)21-16-11-18-17(29-5-4-6-30-18)8-13(16)7-15-12-31-23(25)24(15)21/h8-11,15,21H,4-7,12H2,1-3H3/t15-,21+/m0/s1. The maximum atomic E-state index is 12.7. The molecule has 0 bridgehead atoms. The summed E-state index contributed by atoms with van der Waals surface area (Å²) in [6, 6.07) is 7.36. The fourth-order valence-corrected chi connectivity index (χ4v) is 4.65. The van der Waals surface area contributed by atoms with E-state index in [2.05, 4.69) is 0 Å². The predicted octanol–water partition coefficient (Wildman–Crippen LogP) is 3.34. The van der Waals surface area contributed by atoms with Gasteiger partial charge in [0, 0.05) is 6.42 Å². The summed E-state index contributed by atoms with van der Waals surface area (Å²) < 4.78 is 33.8. The molecule has 3 aliphatic rings. The first-order chi connectivity index (χ1) is 15.1. The van der Waals surface area contributed by atoms with Crippen LogP contribution in [0.1, 0.15) is 29.2 Å². The van der Waals surface area contributed by atoms with Gasteiger partial charge in [-0.15, -0.1) is 0 Å². The van der Waals surface area contributed by atoms with Crippen LogP contribution in [0.5, 0.6) is 28.7 Å². The molecule has 0 N–H and O–H groups in total. The Bertz CT molecular complexity index is 996. The second kappa shape index (κ2) is 7.76. The first kappa shape index (κ1) is 19.7. The van der Waals surface area contributed by atoms with E-state index in [9.17, 15) is 4.79 Å². The van der Waals surface area contributed by atoms with Crippen molar-refractivity contribution < 1.29 is 33.2 Å². The maximum Gasteiger partial charge on any atom is 0.411 e. The van der Waals surface area contributed by atoms with Crippen LogP contribution in [0.4, 0.5) is 4.79 Å². The molecule has 3 heterocycles. The molecule has 31 heavy (non-hydrogen) atoms. The van der Waals surface area contributed by atoms with Crippen molar-refractivity contribution >= 4 is 6.09 Å². The molecule has 2 atom stereocenters. The van der Waals surface area contributed by atoms with E-state index in [1.54, 1.807) is 26.2 Å². The van der Waals surface area contributed by atoms with Crippen molar-refractivity contribution in [2.75, 3.05) is 41.2 Å². The zero-order valence-electron chi connectivity index (χ0n) is 17.8. The van der Waals surface area contributed by atoms with E-state index < -0.39 is 0 Å². The van der Waals surface area contributed by atoms with Gasteiger partial charge in [0.25, 0.3) is 0 Å². The van der Waals surface area contributed by atoms with Gasteiger partial charge < -0.3 is 28.4 Å². The number of methoxy groups -OCH3 is 3. The molecule has 0 saturated carbocycles. The molecule has 2 aromatic carbocycles. The van der Waals surface area contributed by atoms with Crippen LogP contribution in [0.25, 0.3) is 0 Å². The Hall–Kier alpha value is -3.29. The summed E-state index contributed by atoms with van der Waals surface area (Å²) in [5.41, 5.74) is 2.94. The van der Waals surface area contributed by atoms with Crippen molar-refractivity contribution in [1.82, 2.24) is 4.90 Å². The van der Waals surface area contributed by atoms with E-state index in [1.807, 2.05) is 24.3 Å². The predicted molar refractivity (Wildman–Crippen MR) is 111 cm³/mol. The van der Waals surface area contributed by atoms with E-state index in [0.29, 0.717) is 49.2 Å². The Labute approximate surface area is 180 Å². The van der Waals surface area contributed by atoms with E-state index in [0.717, 1.165) is 28.9 Å². The summed E-state index contributed by atoms with van der Waals surface area (Å²) in [6.45, 7) is 1.57. The van der Waals surface area contributed by atoms with Crippen LogP contribution in [0.15, 0.2) is 24.3 Å². The Kier molecular flexibility index (Phi) is 4.92. The smallest absolute Gasteiger partial charge is 0.411 e. The molecule has 5 rings (SSSR count). The highest BCUT2D eigenvalue weighted by atomic mass is 16.6. The lowest BCUT2D eigenvalue weighted by Gasteiger charge is -2.38. The van der Waals surface area contributed by atoms with Gasteiger partial charge in [0.15, 0.2) is 23.0 Å². The van der Waals surface area contributed by atoms with Gasteiger partial charge in [0.1, 0.15) is 6.61 Å². The van der Waals surface area contributed by atoms with Crippen LogP contribution in [0.3, 0.4) is 0 Å². The summed E-state index contributed by atoms with van der Waals surface area (Å²) in [5.74, 6) is 3.01. The largest absolute Gasteiger partial charge is 0.493 e. The van der Waals surface area contributed by atoms with E-state index in [4.69, 9.17) is 28.4 Å².